The lowest BCUT2D eigenvalue weighted by atomic mass is 10.1. The predicted molar refractivity (Wildman–Crippen MR) is 104 cm³/mol. The molecule has 0 heterocycles. The van der Waals surface area contributed by atoms with E-state index >= 15 is 0 Å². The highest BCUT2D eigenvalue weighted by atomic mass is 16.3. The Morgan fingerprint density at radius 1 is 0.833 bits per heavy atom. The van der Waals surface area contributed by atoms with Crippen LogP contribution in [-0.4, -0.2) is 17.2 Å². The van der Waals surface area contributed by atoms with Crippen LogP contribution in [0.1, 0.15) is 110 Å². The van der Waals surface area contributed by atoms with Gasteiger partial charge < -0.3 is 10.4 Å². The number of aliphatic hydroxyl groups excluding tert-OH is 1. The maximum absolute atomic E-state index is 11.5. The zero-order valence-electron chi connectivity index (χ0n) is 16.2. The van der Waals surface area contributed by atoms with Crippen molar-refractivity contribution in [1.82, 2.24) is 5.32 Å². The fraction of sp³-hybridized carbons (Fsp3) is 0.857. The van der Waals surface area contributed by atoms with Crippen molar-refractivity contribution in [3.05, 3.63) is 12.2 Å². The Bertz CT molecular complexity index is 302. The van der Waals surface area contributed by atoms with Gasteiger partial charge in [0.25, 0.3) is 0 Å². The van der Waals surface area contributed by atoms with E-state index in [1.807, 2.05) is 6.92 Å². The minimum atomic E-state index is -0.680. The quantitative estimate of drug-likeness (QED) is 0.198. The lowest BCUT2D eigenvalue weighted by molar-refractivity contribution is -0.124. The molecule has 3 nitrogen and oxygen atoms in total. The van der Waals surface area contributed by atoms with Gasteiger partial charge in [0.1, 0.15) is 6.23 Å². The summed E-state index contributed by atoms with van der Waals surface area (Å²) in [5, 5.41) is 11.9. The van der Waals surface area contributed by atoms with Crippen LogP contribution in [0.25, 0.3) is 0 Å². The molecule has 0 aromatic rings. The van der Waals surface area contributed by atoms with Gasteiger partial charge in [0.15, 0.2) is 0 Å². The summed E-state index contributed by atoms with van der Waals surface area (Å²) in [4.78, 5) is 11.5. The Labute approximate surface area is 150 Å². The normalized spacial score (nSPS) is 12.6. The summed E-state index contributed by atoms with van der Waals surface area (Å²) in [6.45, 7) is 4.12. The van der Waals surface area contributed by atoms with Crippen LogP contribution in [0.5, 0.6) is 0 Å². The van der Waals surface area contributed by atoms with E-state index in [0.717, 1.165) is 12.8 Å². The molecule has 0 bridgehead atoms. The summed E-state index contributed by atoms with van der Waals surface area (Å²) in [5.41, 5.74) is 0. The van der Waals surface area contributed by atoms with Crippen LogP contribution < -0.4 is 5.32 Å². The van der Waals surface area contributed by atoms with Crippen molar-refractivity contribution in [3.8, 4) is 0 Å². The first-order chi connectivity index (χ1) is 11.7. The molecule has 0 saturated heterocycles. The van der Waals surface area contributed by atoms with Gasteiger partial charge in [0.2, 0.25) is 5.91 Å². The largest absolute Gasteiger partial charge is 0.374 e. The molecular formula is C21H41NO2. The number of hydrogen-bond acceptors (Lipinski definition) is 2. The zero-order chi connectivity index (χ0) is 17.9. The molecule has 1 unspecified atom stereocenters. The van der Waals surface area contributed by atoms with Crippen LogP contribution in [-0.2, 0) is 4.79 Å². The number of carbonyl (C=O) groups excluding carboxylic acids is 1. The summed E-state index contributed by atoms with van der Waals surface area (Å²) >= 11 is 0. The molecule has 0 aliphatic heterocycles. The molecule has 142 valence electrons. The Kier molecular flexibility index (Phi) is 17.9. The summed E-state index contributed by atoms with van der Waals surface area (Å²) < 4.78 is 0. The third-order valence-electron chi connectivity index (χ3n) is 4.38. The van der Waals surface area contributed by atoms with E-state index in [1.165, 1.54) is 70.6 Å². The Morgan fingerprint density at radius 2 is 1.33 bits per heavy atom. The number of allylic oxidation sites excluding steroid dienone is 2. The fourth-order valence-electron chi connectivity index (χ4n) is 2.72. The molecule has 1 atom stereocenters. The van der Waals surface area contributed by atoms with E-state index in [0.29, 0.717) is 12.8 Å². The highest BCUT2D eigenvalue weighted by Gasteiger charge is 2.05. The van der Waals surface area contributed by atoms with Crippen molar-refractivity contribution >= 4 is 5.91 Å². The van der Waals surface area contributed by atoms with Crippen molar-refractivity contribution < 1.29 is 9.90 Å². The van der Waals surface area contributed by atoms with Crippen LogP contribution >= 0.6 is 0 Å². The maximum Gasteiger partial charge on any atom is 0.221 e. The van der Waals surface area contributed by atoms with Crippen LogP contribution in [0.15, 0.2) is 12.2 Å². The molecule has 0 aliphatic carbocycles. The molecule has 24 heavy (non-hydrogen) atoms. The monoisotopic (exact) mass is 339 g/mol. The van der Waals surface area contributed by atoms with Crippen LogP contribution in [0, 0.1) is 0 Å². The molecule has 0 radical (unpaired) electrons. The molecule has 3 heteroatoms. The van der Waals surface area contributed by atoms with Gasteiger partial charge >= 0.3 is 0 Å². The van der Waals surface area contributed by atoms with E-state index in [9.17, 15) is 9.90 Å². The number of unbranched alkanes of at least 4 members (excludes halogenated alkanes) is 11. The molecule has 0 aliphatic rings. The average molecular weight is 340 g/mol. The van der Waals surface area contributed by atoms with Crippen molar-refractivity contribution in [2.75, 3.05) is 0 Å². The Balaban J connectivity index is 3.22. The maximum atomic E-state index is 11.5. The first kappa shape index (κ1) is 23.2. The topological polar surface area (TPSA) is 49.3 Å². The van der Waals surface area contributed by atoms with Crippen LogP contribution in [0.3, 0.4) is 0 Å². The standard InChI is InChI=1S/C21H41NO2/c1-3-5-6-7-8-9-10-11-12-13-14-15-16-17-18-19-21(24)22-20(23)4-2/h11-12,20,23H,3-10,13-19H2,1-2H3,(H,22,24)/b12-11-. The van der Waals surface area contributed by atoms with E-state index < -0.39 is 6.23 Å². The van der Waals surface area contributed by atoms with Gasteiger partial charge in [-0.25, -0.2) is 0 Å². The van der Waals surface area contributed by atoms with Gasteiger partial charge in [-0.15, -0.1) is 0 Å². The minimum absolute atomic E-state index is 0.0259. The van der Waals surface area contributed by atoms with Crippen molar-refractivity contribution in [2.45, 2.75) is 116 Å². The first-order valence-electron chi connectivity index (χ1n) is 10.3. The number of nitrogens with one attached hydrogen (secondary N) is 1. The Hall–Kier alpha value is -0.830. The number of rotatable bonds is 17. The average Bonchev–Trinajstić information content (AvgIpc) is 2.58. The highest BCUT2D eigenvalue weighted by Crippen LogP contribution is 2.10. The second kappa shape index (κ2) is 18.5. The number of carbonyl (C=O) groups is 1. The van der Waals surface area contributed by atoms with Crippen LogP contribution in [0.2, 0.25) is 0 Å². The third kappa shape index (κ3) is 17.5. The van der Waals surface area contributed by atoms with Crippen molar-refractivity contribution in [3.63, 3.8) is 0 Å². The fourth-order valence-corrected chi connectivity index (χ4v) is 2.72. The first-order valence-corrected chi connectivity index (χ1v) is 10.3. The lowest BCUT2D eigenvalue weighted by Gasteiger charge is -2.09. The number of amides is 1. The van der Waals surface area contributed by atoms with Crippen molar-refractivity contribution in [1.29, 1.82) is 0 Å². The van der Waals surface area contributed by atoms with Crippen molar-refractivity contribution in [2.24, 2.45) is 0 Å². The molecular weight excluding hydrogens is 298 g/mol. The molecule has 0 saturated carbocycles. The van der Waals surface area contributed by atoms with E-state index in [2.05, 4.69) is 24.4 Å². The molecule has 2 N–H and O–H groups in total. The summed E-state index contributed by atoms with van der Waals surface area (Å²) in [5.74, 6) is -0.0259. The molecule has 0 fully saturated rings. The van der Waals surface area contributed by atoms with Crippen LogP contribution in [0.4, 0.5) is 0 Å². The van der Waals surface area contributed by atoms with E-state index in [-0.39, 0.29) is 5.91 Å². The Morgan fingerprint density at radius 3 is 1.88 bits per heavy atom. The summed E-state index contributed by atoms with van der Waals surface area (Å²) in [7, 11) is 0. The molecule has 0 rings (SSSR count). The van der Waals surface area contributed by atoms with E-state index in [4.69, 9.17) is 0 Å². The third-order valence-corrected chi connectivity index (χ3v) is 4.38. The van der Waals surface area contributed by atoms with Gasteiger partial charge in [0.05, 0.1) is 0 Å². The predicted octanol–water partition coefficient (Wildman–Crippen LogP) is 5.87. The second-order valence-electron chi connectivity index (χ2n) is 6.83. The van der Waals surface area contributed by atoms with Gasteiger partial charge in [-0.1, -0.05) is 77.4 Å². The van der Waals surface area contributed by atoms with E-state index in [1.54, 1.807) is 0 Å². The molecule has 0 aromatic heterocycles. The molecule has 0 spiro atoms. The summed E-state index contributed by atoms with van der Waals surface area (Å²) in [6.07, 6.45) is 21.5. The molecule has 1 amide bonds. The highest BCUT2D eigenvalue weighted by molar-refractivity contribution is 5.75. The number of aliphatic hydroxyl groups is 1. The second-order valence-corrected chi connectivity index (χ2v) is 6.83. The summed E-state index contributed by atoms with van der Waals surface area (Å²) in [6, 6.07) is 0. The lowest BCUT2D eigenvalue weighted by Crippen LogP contribution is -2.33. The molecule has 0 aromatic carbocycles. The van der Waals surface area contributed by atoms with Gasteiger partial charge in [-0.3, -0.25) is 4.79 Å². The zero-order valence-corrected chi connectivity index (χ0v) is 16.2. The van der Waals surface area contributed by atoms with Gasteiger partial charge in [-0.2, -0.15) is 0 Å². The smallest absolute Gasteiger partial charge is 0.221 e. The van der Waals surface area contributed by atoms with Gasteiger partial charge in [0, 0.05) is 6.42 Å². The minimum Gasteiger partial charge on any atom is -0.374 e. The number of hydrogen-bond donors (Lipinski definition) is 2. The van der Waals surface area contributed by atoms with Gasteiger partial charge in [-0.05, 0) is 38.5 Å². The SMILES string of the molecule is CCCCCCCC/C=C\CCCCCCCC(=O)NC(O)CC.